The van der Waals surface area contributed by atoms with Crippen LogP contribution in [0.3, 0.4) is 0 Å². The zero-order valence-electron chi connectivity index (χ0n) is 9.14. The van der Waals surface area contributed by atoms with Crippen LogP contribution in [0.5, 0.6) is 5.75 Å². The van der Waals surface area contributed by atoms with Gasteiger partial charge in [0.25, 0.3) is 5.89 Å². The maximum atomic E-state index is 5.82. The first-order valence-corrected chi connectivity index (χ1v) is 5.85. The van der Waals surface area contributed by atoms with E-state index >= 15 is 0 Å². The van der Waals surface area contributed by atoms with E-state index in [1.165, 1.54) is 11.3 Å². The molecule has 0 saturated carbocycles. The average molecular weight is 239 g/mol. The molecule has 86 valence electrons. The van der Waals surface area contributed by atoms with Crippen molar-refractivity contribution in [3.63, 3.8) is 0 Å². The van der Waals surface area contributed by atoms with Gasteiger partial charge in [-0.25, -0.2) is 0 Å². The molecular formula is C10H13N3O2S. The molecule has 2 aromatic rings. The molecular weight excluding hydrogens is 226 g/mol. The molecule has 0 aromatic carbocycles. The van der Waals surface area contributed by atoms with Gasteiger partial charge in [-0.3, -0.25) is 0 Å². The van der Waals surface area contributed by atoms with Gasteiger partial charge in [0, 0.05) is 0 Å². The Kier molecular flexibility index (Phi) is 3.21. The van der Waals surface area contributed by atoms with Crippen molar-refractivity contribution < 1.29 is 9.26 Å². The van der Waals surface area contributed by atoms with E-state index in [2.05, 4.69) is 10.1 Å². The number of aromatic nitrogens is 2. The van der Waals surface area contributed by atoms with Crippen molar-refractivity contribution in [3.05, 3.63) is 17.3 Å². The van der Waals surface area contributed by atoms with Crippen LogP contribution in [-0.4, -0.2) is 17.3 Å². The minimum atomic E-state index is -0.177. The molecule has 0 fully saturated rings. The fraction of sp³-hybridized carbons (Fsp3) is 0.400. The number of thiophene rings is 1. The van der Waals surface area contributed by atoms with Crippen molar-refractivity contribution >= 4 is 11.3 Å². The molecule has 16 heavy (non-hydrogen) atoms. The van der Waals surface area contributed by atoms with E-state index in [9.17, 15) is 0 Å². The summed E-state index contributed by atoms with van der Waals surface area (Å²) in [5.74, 6) is 1.74. The van der Waals surface area contributed by atoms with E-state index in [1.54, 1.807) is 7.11 Å². The van der Waals surface area contributed by atoms with Gasteiger partial charge < -0.3 is 15.0 Å². The Bertz CT molecular complexity index is 466. The van der Waals surface area contributed by atoms with Crippen LogP contribution in [0.15, 0.2) is 16.0 Å². The van der Waals surface area contributed by atoms with Crippen molar-refractivity contribution in [2.75, 3.05) is 7.11 Å². The fourth-order valence-corrected chi connectivity index (χ4v) is 2.05. The lowest BCUT2D eigenvalue weighted by Gasteiger charge is -1.99. The Morgan fingerprint density at radius 2 is 2.44 bits per heavy atom. The molecule has 1 unspecified atom stereocenters. The maximum Gasteiger partial charge on any atom is 0.271 e. The highest BCUT2D eigenvalue weighted by atomic mass is 32.1. The lowest BCUT2D eigenvalue weighted by molar-refractivity contribution is 0.402. The molecule has 2 rings (SSSR count). The van der Waals surface area contributed by atoms with Gasteiger partial charge in [-0.15, -0.1) is 11.3 Å². The van der Waals surface area contributed by atoms with E-state index in [4.69, 9.17) is 15.0 Å². The van der Waals surface area contributed by atoms with Crippen LogP contribution in [0, 0.1) is 0 Å². The number of hydrogen-bond acceptors (Lipinski definition) is 6. The Balaban J connectivity index is 2.31. The van der Waals surface area contributed by atoms with Crippen molar-refractivity contribution in [1.82, 2.24) is 10.1 Å². The highest BCUT2D eigenvalue weighted by Gasteiger charge is 2.17. The van der Waals surface area contributed by atoms with Crippen LogP contribution in [0.2, 0.25) is 0 Å². The van der Waals surface area contributed by atoms with E-state index in [0.29, 0.717) is 11.7 Å². The molecule has 5 nitrogen and oxygen atoms in total. The van der Waals surface area contributed by atoms with Gasteiger partial charge in [0.1, 0.15) is 10.6 Å². The number of methoxy groups -OCH3 is 1. The molecule has 0 amide bonds. The summed E-state index contributed by atoms with van der Waals surface area (Å²) in [5, 5.41) is 5.77. The van der Waals surface area contributed by atoms with Gasteiger partial charge in [0.2, 0.25) is 0 Å². The Hall–Kier alpha value is -1.40. The van der Waals surface area contributed by atoms with E-state index < -0.39 is 0 Å². The second kappa shape index (κ2) is 4.63. The highest BCUT2D eigenvalue weighted by molar-refractivity contribution is 7.13. The first-order valence-electron chi connectivity index (χ1n) is 4.97. The smallest absolute Gasteiger partial charge is 0.271 e. The monoisotopic (exact) mass is 239 g/mol. The summed E-state index contributed by atoms with van der Waals surface area (Å²) in [4.78, 5) is 5.10. The SMILES string of the molecule is CCC(N)c1noc(-c2sccc2OC)n1. The molecule has 0 aliphatic heterocycles. The number of ether oxygens (including phenoxy) is 1. The van der Waals surface area contributed by atoms with Crippen molar-refractivity contribution in [2.24, 2.45) is 5.73 Å². The Morgan fingerprint density at radius 1 is 1.62 bits per heavy atom. The van der Waals surface area contributed by atoms with Crippen LogP contribution in [0.25, 0.3) is 10.8 Å². The van der Waals surface area contributed by atoms with Crippen LogP contribution in [-0.2, 0) is 0 Å². The summed E-state index contributed by atoms with van der Waals surface area (Å²) in [7, 11) is 1.61. The summed E-state index contributed by atoms with van der Waals surface area (Å²) in [5.41, 5.74) is 5.82. The highest BCUT2D eigenvalue weighted by Crippen LogP contribution is 2.34. The summed E-state index contributed by atoms with van der Waals surface area (Å²) >= 11 is 1.50. The first-order chi connectivity index (χ1) is 7.76. The molecule has 0 bridgehead atoms. The fourth-order valence-electron chi connectivity index (χ4n) is 1.27. The predicted molar refractivity (Wildman–Crippen MR) is 61.4 cm³/mol. The van der Waals surface area contributed by atoms with Crippen molar-refractivity contribution in [2.45, 2.75) is 19.4 Å². The molecule has 2 N–H and O–H groups in total. The minimum Gasteiger partial charge on any atom is -0.495 e. The lowest BCUT2D eigenvalue weighted by atomic mass is 10.2. The largest absolute Gasteiger partial charge is 0.495 e. The molecule has 0 aliphatic carbocycles. The van der Waals surface area contributed by atoms with Gasteiger partial charge >= 0.3 is 0 Å². The molecule has 0 radical (unpaired) electrons. The van der Waals surface area contributed by atoms with Gasteiger partial charge in [-0.1, -0.05) is 12.1 Å². The van der Waals surface area contributed by atoms with Gasteiger partial charge in [0.15, 0.2) is 5.82 Å². The molecule has 0 spiro atoms. The Morgan fingerprint density at radius 3 is 3.12 bits per heavy atom. The topological polar surface area (TPSA) is 74.2 Å². The maximum absolute atomic E-state index is 5.82. The third-order valence-corrected chi connectivity index (χ3v) is 3.14. The molecule has 0 saturated heterocycles. The van der Waals surface area contributed by atoms with Crippen LogP contribution in [0.1, 0.15) is 25.2 Å². The number of nitrogens with two attached hydrogens (primary N) is 1. The van der Waals surface area contributed by atoms with Crippen LogP contribution < -0.4 is 10.5 Å². The summed E-state index contributed by atoms with van der Waals surface area (Å²) in [6.07, 6.45) is 0.778. The standard InChI is InChI=1S/C10H13N3O2S/c1-3-6(11)9-12-10(15-13-9)8-7(14-2)4-5-16-8/h4-6H,3,11H2,1-2H3. The average Bonchev–Trinajstić information content (AvgIpc) is 2.95. The van der Waals surface area contributed by atoms with Crippen molar-refractivity contribution in [3.8, 4) is 16.5 Å². The summed E-state index contributed by atoms with van der Waals surface area (Å²) < 4.78 is 10.4. The molecule has 2 aromatic heterocycles. The van der Waals surface area contributed by atoms with E-state index in [-0.39, 0.29) is 6.04 Å². The summed E-state index contributed by atoms with van der Waals surface area (Å²) in [6, 6.07) is 1.69. The number of rotatable bonds is 4. The van der Waals surface area contributed by atoms with Gasteiger partial charge in [0.05, 0.1) is 13.2 Å². The second-order valence-electron chi connectivity index (χ2n) is 3.29. The molecule has 0 aliphatic rings. The van der Waals surface area contributed by atoms with E-state index in [0.717, 1.165) is 17.0 Å². The molecule has 2 heterocycles. The molecule has 6 heteroatoms. The second-order valence-corrected chi connectivity index (χ2v) is 4.21. The van der Waals surface area contributed by atoms with Crippen molar-refractivity contribution in [1.29, 1.82) is 0 Å². The third-order valence-electron chi connectivity index (χ3n) is 2.26. The molecule has 1 atom stereocenters. The van der Waals surface area contributed by atoms with Gasteiger partial charge in [-0.2, -0.15) is 4.98 Å². The van der Waals surface area contributed by atoms with Crippen LogP contribution >= 0.6 is 11.3 Å². The van der Waals surface area contributed by atoms with Gasteiger partial charge in [-0.05, 0) is 17.9 Å². The predicted octanol–water partition coefficient (Wildman–Crippen LogP) is 2.22. The zero-order valence-corrected chi connectivity index (χ0v) is 9.95. The number of nitrogens with zero attached hydrogens (tertiary/aromatic N) is 2. The van der Waals surface area contributed by atoms with E-state index in [1.807, 2.05) is 18.4 Å². The quantitative estimate of drug-likeness (QED) is 0.885. The first kappa shape index (κ1) is 11.1. The van der Waals surface area contributed by atoms with Crippen LogP contribution in [0.4, 0.5) is 0 Å². The minimum absolute atomic E-state index is 0.177. The Labute approximate surface area is 97.2 Å². The normalized spacial score (nSPS) is 12.7. The number of hydrogen-bond donors (Lipinski definition) is 1. The summed E-state index contributed by atoms with van der Waals surface area (Å²) in [6.45, 7) is 1.98. The third kappa shape index (κ3) is 1.94. The zero-order chi connectivity index (χ0) is 11.5. The lowest BCUT2D eigenvalue weighted by Crippen LogP contribution is -2.10.